The van der Waals surface area contributed by atoms with E-state index in [4.69, 9.17) is 11.6 Å². The second-order valence-electron chi connectivity index (χ2n) is 5.69. The Bertz CT molecular complexity index is 862. The van der Waals surface area contributed by atoms with E-state index in [1.165, 1.54) is 12.3 Å². The number of carbonyl (C=O) groups is 2. The number of benzene rings is 1. The molecule has 2 N–H and O–H groups in total. The van der Waals surface area contributed by atoms with E-state index in [9.17, 15) is 14.4 Å². The number of anilines is 1. The number of hydrogen-bond acceptors (Lipinski definition) is 3. The minimum atomic E-state index is -0.442. The van der Waals surface area contributed by atoms with E-state index in [0.29, 0.717) is 13.0 Å². The molecule has 0 aliphatic carbocycles. The zero-order chi connectivity index (χ0) is 17.3. The number of H-pyrrole nitrogens is 1. The molecule has 7 heteroatoms. The van der Waals surface area contributed by atoms with Gasteiger partial charge in [0.25, 0.3) is 11.5 Å². The van der Waals surface area contributed by atoms with Crippen molar-refractivity contribution in [3.63, 3.8) is 0 Å². The first-order chi connectivity index (χ1) is 11.5. The van der Waals surface area contributed by atoms with Crippen molar-refractivity contribution in [2.24, 2.45) is 0 Å². The first-order valence-electron chi connectivity index (χ1n) is 7.49. The van der Waals surface area contributed by atoms with Gasteiger partial charge >= 0.3 is 0 Å². The highest BCUT2D eigenvalue weighted by atomic mass is 35.5. The van der Waals surface area contributed by atoms with Crippen LogP contribution in [-0.4, -0.2) is 30.4 Å². The molecule has 0 unspecified atom stereocenters. The highest BCUT2D eigenvalue weighted by Crippen LogP contribution is 2.34. The third-order valence-electron chi connectivity index (χ3n) is 4.16. The van der Waals surface area contributed by atoms with Crippen LogP contribution < -0.4 is 15.8 Å². The lowest BCUT2D eigenvalue weighted by atomic mass is 9.89. The van der Waals surface area contributed by atoms with Gasteiger partial charge in [-0.3, -0.25) is 14.4 Å². The normalized spacial score (nSPS) is 16.7. The Morgan fingerprint density at radius 3 is 2.88 bits per heavy atom. The topological polar surface area (TPSA) is 82.3 Å². The molecule has 0 fully saturated rings. The number of rotatable bonds is 3. The minimum Gasteiger partial charge on any atom is -0.351 e. The lowest BCUT2D eigenvalue weighted by Crippen LogP contribution is -2.37. The fourth-order valence-corrected chi connectivity index (χ4v) is 2.99. The van der Waals surface area contributed by atoms with Gasteiger partial charge in [0.2, 0.25) is 5.91 Å². The maximum absolute atomic E-state index is 12.2. The lowest BCUT2D eigenvalue weighted by molar-refractivity contribution is -0.119. The van der Waals surface area contributed by atoms with Gasteiger partial charge in [0, 0.05) is 37.8 Å². The van der Waals surface area contributed by atoms with Crippen LogP contribution in [0.2, 0.25) is 5.02 Å². The predicted octanol–water partition coefficient (Wildman–Crippen LogP) is 1.91. The maximum Gasteiger partial charge on any atom is 0.266 e. The Morgan fingerprint density at radius 2 is 2.12 bits per heavy atom. The highest BCUT2D eigenvalue weighted by Gasteiger charge is 2.29. The highest BCUT2D eigenvalue weighted by molar-refractivity contribution is 6.30. The summed E-state index contributed by atoms with van der Waals surface area (Å²) in [5.74, 6) is -0.427. The molecule has 1 aliphatic heterocycles. The molecular weight excluding hydrogens is 330 g/mol. The van der Waals surface area contributed by atoms with Gasteiger partial charge in [-0.25, -0.2) is 0 Å². The Balaban J connectivity index is 1.76. The second kappa shape index (κ2) is 6.49. The molecule has 0 saturated heterocycles. The van der Waals surface area contributed by atoms with Crippen LogP contribution in [0, 0.1) is 0 Å². The third-order valence-corrected chi connectivity index (χ3v) is 4.44. The van der Waals surface area contributed by atoms with Gasteiger partial charge < -0.3 is 15.2 Å². The van der Waals surface area contributed by atoms with Gasteiger partial charge in [-0.2, -0.15) is 0 Å². The van der Waals surface area contributed by atoms with Gasteiger partial charge in [0.05, 0.1) is 5.56 Å². The largest absolute Gasteiger partial charge is 0.351 e. The van der Waals surface area contributed by atoms with Crippen molar-refractivity contribution in [3.05, 3.63) is 63.0 Å². The fourth-order valence-electron chi connectivity index (χ4n) is 2.82. The average molecular weight is 346 g/mol. The summed E-state index contributed by atoms with van der Waals surface area (Å²) in [6.07, 6.45) is 1.65. The molecule has 6 nitrogen and oxygen atoms in total. The number of pyridine rings is 1. The first kappa shape index (κ1) is 16.3. The average Bonchev–Trinajstić information content (AvgIpc) is 2.59. The summed E-state index contributed by atoms with van der Waals surface area (Å²) in [6.45, 7) is 0.326. The van der Waals surface area contributed by atoms with Gasteiger partial charge in [-0.1, -0.05) is 29.8 Å². The van der Waals surface area contributed by atoms with Crippen LogP contribution in [-0.2, 0) is 4.79 Å². The summed E-state index contributed by atoms with van der Waals surface area (Å²) in [7, 11) is 1.75. The van der Waals surface area contributed by atoms with E-state index in [2.05, 4.69) is 10.3 Å². The molecule has 0 saturated carbocycles. The Morgan fingerprint density at radius 1 is 1.38 bits per heavy atom. The molecule has 1 aliphatic rings. The molecule has 3 rings (SSSR count). The van der Waals surface area contributed by atoms with Crippen LogP contribution in [0.5, 0.6) is 0 Å². The van der Waals surface area contributed by atoms with Gasteiger partial charge in [-0.05, 0) is 17.7 Å². The van der Waals surface area contributed by atoms with Crippen molar-refractivity contribution in [1.82, 2.24) is 10.3 Å². The van der Waals surface area contributed by atoms with Crippen molar-refractivity contribution >= 4 is 29.1 Å². The lowest BCUT2D eigenvalue weighted by Gasteiger charge is -2.31. The molecule has 2 heterocycles. The number of para-hydroxylation sites is 1. The summed E-state index contributed by atoms with van der Waals surface area (Å²) in [5, 5.41) is 2.76. The minimum absolute atomic E-state index is 0.0139. The predicted molar refractivity (Wildman–Crippen MR) is 91.6 cm³/mol. The summed E-state index contributed by atoms with van der Waals surface area (Å²) >= 11 is 5.73. The molecule has 1 atom stereocenters. The van der Waals surface area contributed by atoms with Crippen LogP contribution in [0.3, 0.4) is 0 Å². The van der Waals surface area contributed by atoms with Crippen molar-refractivity contribution in [2.45, 2.75) is 12.3 Å². The summed E-state index contributed by atoms with van der Waals surface area (Å²) in [4.78, 5) is 39.6. The number of hydrogen-bond donors (Lipinski definition) is 2. The number of aromatic amines is 1. The number of nitrogens with one attached hydrogen (secondary N) is 2. The van der Waals surface area contributed by atoms with E-state index in [0.717, 1.165) is 11.3 Å². The van der Waals surface area contributed by atoms with Crippen molar-refractivity contribution in [1.29, 1.82) is 0 Å². The molecular formula is C17H16ClN3O3. The number of halogens is 1. The SMILES string of the molecule is CN1C(=O)C[C@H](CNC(=O)c2c[nH]c(=O)c(Cl)c2)c2ccccc21. The third kappa shape index (κ3) is 3.05. The van der Waals surface area contributed by atoms with E-state index >= 15 is 0 Å². The molecule has 2 amide bonds. The zero-order valence-electron chi connectivity index (χ0n) is 13.0. The first-order valence-corrected chi connectivity index (χ1v) is 7.87. The molecule has 2 aromatic rings. The monoisotopic (exact) mass is 345 g/mol. The van der Waals surface area contributed by atoms with E-state index in [1.54, 1.807) is 11.9 Å². The van der Waals surface area contributed by atoms with Gasteiger partial charge in [0.15, 0.2) is 0 Å². The van der Waals surface area contributed by atoms with Gasteiger partial charge in [-0.15, -0.1) is 0 Å². The van der Waals surface area contributed by atoms with Crippen LogP contribution in [0.4, 0.5) is 5.69 Å². The van der Waals surface area contributed by atoms with Crippen molar-refractivity contribution in [3.8, 4) is 0 Å². The molecule has 0 spiro atoms. The molecule has 0 bridgehead atoms. The maximum atomic E-state index is 12.2. The quantitative estimate of drug-likeness (QED) is 0.891. The molecule has 24 heavy (non-hydrogen) atoms. The number of aromatic nitrogens is 1. The van der Waals surface area contributed by atoms with Gasteiger partial charge in [0.1, 0.15) is 5.02 Å². The second-order valence-corrected chi connectivity index (χ2v) is 6.10. The van der Waals surface area contributed by atoms with Crippen LogP contribution in [0.1, 0.15) is 28.3 Å². The van der Waals surface area contributed by atoms with Crippen molar-refractivity contribution in [2.75, 3.05) is 18.5 Å². The number of amides is 2. The van der Waals surface area contributed by atoms with Crippen LogP contribution in [0.25, 0.3) is 0 Å². The fraction of sp³-hybridized carbons (Fsp3) is 0.235. The van der Waals surface area contributed by atoms with E-state index < -0.39 is 5.56 Å². The molecule has 124 valence electrons. The van der Waals surface area contributed by atoms with Crippen molar-refractivity contribution < 1.29 is 9.59 Å². The number of carbonyl (C=O) groups excluding carboxylic acids is 2. The Labute approximate surface area is 143 Å². The summed E-state index contributed by atoms with van der Waals surface area (Å²) < 4.78 is 0. The zero-order valence-corrected chi connectivity index (χ0v) is 13.8. The Hall–Kier alpha value is -2.60. The number of nitrogens with zero attached hydrogens (tertiary/aromatic N) is 1. The summed E-state index contributed by atoms with van der Waals surface area (Å²) in [6, 6.07) is 8.98. The Kier molecular flexibility index (Phi) is 4.40. The van der Waals surface area contributed by atoms with Crippen LogP contribution >= 0.6 is 11.6 Å². The number of fused-ring (bicyclic) bond motifs is 1. The van der Waals surface area contributed by atoms with E-state index in [1.807, 2.05) is 24.3 Å². The standard InChI is InChI=1S/C17H16ClN3O3/c1-21-14-5-3-2-4-12(14)10(7-15(21)22)8-19-16(23)11-6-13(18)17(24)20-9-11/h2-6,9-10H,7-8H2,1H3,(H,19,23)(H,20,24)/t10-/m1/s1. The summed E-state index contributed by atoms with van der Waals surface area (Å²) in [5.41, 5.74) is 1.72. The van der Waals surface area contributed by atoms with Crippen LogP contribution in [0.15, 0.2) is 41.3 Å². The molecule has 1 aromatic carbocycles. The molecule has 1 aromatic heterocycles. The molecule has 0 radical (unpaired) electrons. The smallest absolute Gasteiger partial charge is 0.266 e. The van der Waals surface area contributed by atoms with E-state index in [-0.39, 0.29) is 28.3 Å².